The van der Waals surface area contributed by atoms with Crippen molar-refractivity contribution >= 4 is 20.9 Å². The predicted octanol–water partition coefficient (Wildman–Crippen LogP) is 5.12. The Labute approximate surface area is 170 Å². The van der Waals surface area contributed by atoms with Crippen molar-refractivity contribution in [2.75, 3.05) is 0 Å². The summed E-state index contributed by atoms with van der Waals surface area (Å²) in [4.78, 5) is -0.174. The van der Waals surface area contributed by atoms with Crippen LogP contribution in [0.15, 0.2) is 77.7 Å². The van der Waals surface area contributed by atoms with Crippen molar-refractivity contribution in [1.29, 1.82) is 0 Å². The molecule has 9 heteroatoms. The standard InChI is InChI=1S/C21H15F3N2O3S/c1-14-5-4-8-17(11-14)26-20(13-19(25-26)21(22,23)24)29-30(27,28)18-10-9-15-6-2-3-7-16(15)12-18/h2-13H,1H3. The highest BCUT2D eigenvalue weighted by Crippen LogP contribution is 2.33. The lowest BCUT2D eigenvalue weighted by atomic mass is 10.1. The summed E-state index contributed by atoms with van der Waals surface area (Å²) >= 11 is 0. The first-order chi connectivity index (χ1) is 14.1. The number of aryl methyl sites for hydroxylation is 1. The SMILES string of the molecule is Cc1cccc(-n2nc(C(F)(F)F)cc2OS(=O)(=O)c2ccc3ccccc3c2)c1. The normalized spacial score (nSPS) is 12.3. The fraction of sp³-hybridized carbons (Fsp3) is 0.0952. The van der Waals surface area contributed by atoms with Gasteiger partial charge in [-0.25, -0.2) is 0 Å². The first-order valence-corrected chi connectivity index (χ1v) is 10.2. The van der Waals surface area contributed by atoms with Crippen molar-refractivity contribution in [1.82, 2.24) is 9.78 Å². The number of rotatable bonds is 4. The van der Waals surface area contributed by atoms with Crippen LogP contribution in [0.3, 0.4) is 0 Å². The number of aromatic nitrogens is 2. The zero-order valence-corrected chi connectivity index (χ0v) is 16.4. The van der Waals surface area contributed by atoms with Crippen LogP contribution < -0.4 is 4.18 Å². The largest absolute Gasteiger partial charge is 0.435 e. The van der Waals surface area contributed by atoms with Crippen LogP contribution in [0.1, 0.15) is 11.3 Å². The van der Waals surface area contributed by atoms with E-state index in [9.17, 15) is 21.6 Å². The molecule has 0 saturated carbocycles. The first-order valence-electron chi connectivity index (χ1n) is 8.81. The number of hydrogen-bond donors (Lipinski definition) is 0. The minimum atomic E-state index is -4.76. The molecule has 0 radical (unpaired) electrons. The third kappa shape index (κ3) is 3.88. The molecule has 3 aromatic carbocycles. The third-order valence-corrected chi connectivity index (χ3v) is 5.64. The van der Waals surface area contributed by atoms with Crippen molar-refractivity contribution in [3.05, 3.63) is 84.1 Å². The maximum atomic E-state index is 13.2. The molecule has 30 heavy (non-hydrogen) atoms. The molecule has 0 saturated heterocycles. The topological polar surface area (TPSA) is 61.2 Å². The van der Waals surface area contributed by atoms with E-state index < -0.39 is 27.9 Å². The summed E-state index contributed by atoms with van der Waals surface area (Å²) < 4.78 is 71.2. The molecule has 0 bridgehead atoms. The van der Waals surface area contributed by atoms with E-state index in [0.29, 0.717) is 11.5 Å². The zero-order valence-electron chi connectivity index (χ0n) is 15.6. The van der Waals surface area contributed by atoms with Gasteiger partial charge in [-0.3, -0.25) is 0 Å². The van der Waals surface area contributed by atoms with Crippen molar-refractivity contribution in [2.45, 2.75) is 18.0 Å². The minimum Gasteiger partial charge on any atom is -0.358 e. The quantitative estimate of drug-likeness (QED) is 0.420. The minimum absolute atomic E-state index is 0.174. The second-order valence-corrected chi connectivity index (χ2v) is 8.21. The van der Waals surface area contributed by atoms with Gasteiger partial charge in [0.15, 0.2) is 5.69 Å². The van der Waals surface area contributed by atoms with Crippen LogP contribution in [0, 0.1) is 6.92 Å². The van der Waals surface area contributed by atoms with E-state index in [1.54, 1.807) is 43.3 Å². The van der Waals surface area contributed by atoms with Crippen LogP contribution in [0.5, 0.6) is 5.88 Å². The zero-order chi connectivity index (χ0) is 21.5. The summed E-state index contributed by atoms with van der Waals surface area (Å²) in [6.45, 7) is 1.75. The van der Waals surface area contributed by atoms with E-state index in [2.05, 4.69) is 5.10 Å². The Hall–Kier alpha value is -3.33. The van der Waals surface area contributed by atoms with Crippen molar-refractivity contribution in [3.8, 4) is 11.6 Å². The van der Waals surface area contributed by atoms with Gasteiger partial charge in [-0.05, 0) is 47.5 Å². The molecule has 0 aliphatic heterocycles. The smallest absolute Gasteiger partial charge is 0.358 e. The maximum Gasteiger partial charge on any atom is 0.435 e. The Bertz CT molecular complexity index is 1350. The highest BCUT2D eigenvalue weighted by molar-refractivity contribution is 7.87. The molecule has 0 N–H and O–H groups in total. The highest BCUT2D eigenvalue weighted by Gasteiger charge is 2.36. The van der Waals surface area contributed by atoms with Crippen LogP contribution in [0.4, 0.5) is 13.2 Å². The number of hydrogen-bond acceptors (Lipinski definition) is 4. The molecule has 0 spiro atoms. The number of fused-ring (bicyclic) bond motifs is 1. The van der Waals surface area contributed by atoms with Gasteiger partial charge in [-0.1, -0.05) is 42.5 Å². The molecule has 5 nitrogen and oxygen atoms in total. The van der Waals surface area contributed by atoms with E-state index in [0.717, 1.165) is 15.6 Å². The lowest BCUT2D eigenvalue weighted by Crippen LogP contribution is -2.13. The maximum absolute atomic E-state index is 13.2. The van der Waals surface area contributed by atoms with Gasteiger partial charge in [0.2, 0.25) is 5.88 Å². The fourth-order valence-electron chi connectivity index (χ4n) is 2.99. The number of alkyl halides is 3. The Morgan fingerprint density at radius 2 is 1.63 bits per heavy atom. The van der Waals surface area contributed by atoms with Crippen molar-refractivity contribution in [3.63, 3.8) is 0 Å². The summed E-state index contributed by atoms with van der Waals surface area (Å²) in [6, 6.07) is 18.5. The Morgan fingerprint density at radius 1 is 0.900 bits per heavy atom. The monoisotopic (exact) mass is 432 g/mol. The molecular formula is C21H15F3N2O3S. The molecule has 4 rings (SSSR count). The fourth-order valence-corrected chi connectivity index (χ4v) is 3.94. The van der Waals surface area contributed by atoms with Gasteiger partial charge < -0.3 is 4.18 Å². The summed E-state index contributed by atoms with van der Waals surface area (Å²) in [5.41, 5.74) is -0.248. The molecule has 0 amide bonds. The molecule has 0 atom stereocenters. The highest BCUT2D eigenvalue weighted by atomic mass is 32.2. The lowest BCUT2D eigenvalue weighted by Gasteiger charge is -2.10. The summed E-state index contributed by atoms with van der Waals surface area (Å²) in [7, 11) is -4.41. The van der Waals surface area contributed by atoms with Gasteiger partial charge in [0.1, 0.15) is 4.90 Å². The van der Waals surface area contributed by atoms with Gasteiger partial charge >= 0.3 is 16.3 Å². The van der Waals surface area contributed by atoms with Gasteiger partial charge in [0.05, 0.1) is 5.69 Å². The van der Waals surface area contributed by atoms with Crippen LogP contribution in [-0.2, 0) is 16.3 Å². The predicted molar refractivity (Wildman–Crippen MR) is 105 cm³/mol. The molecule has 0 unspecified atom stereocenters. The molecule has 0 aliphatic carbocycles. The second kappa shape index (κ2) is 7.17. The molecule has 4 aromatic rings. The number of halogens is 3. The van der Waals surface area contributed by atoms with E-state index >= 15 is 0 Å². The molecule has 0 aliphatic rings. The van der Waals surface area contributed by atoms with E-state index in [1.165, 1.54) is 18.2 Å². The average Bonchev–Trinajstić information content (AvgIpc) is 3.11. The van der Waals surface area contributed by atoms with E-state index in [-0.39, 0.29) is 10.6 Å². The van der Waals surface area contributed by atoms with Gasteiger partial charge in [0, 0.05) is 6.07 Å². The number of benzene rings is 3. The average molecular weight is 432 g/mol. The van der Waals surface area contributed by atoms with Crippen molar-refractivity contribution < 1.29 is 25.8 Å². The van der Waals surface area contributed by atoms with E-state index in [1.807, 2.05) is 12.1 Å². The molecule has 154 valence electrons. The second-order valence-electron chi connectivity index (χ2n) is 6.66. The van der Waals surface area contributed by atoms with Crippen LogP contribution >= 0.6 is 0 Å². The lowest BCUT2D eigenvalue weighted by molar-refractivity contribution is -0.141. The Kier molecular flexibility index (Phi) is 4.77. The van der Waals surface area contributed by atoms with Gasteiger partial charge in [0.25, 0.3) is 0 Å². The Balaban J connectivity index is 1.79. The molecule has 0 fully saturated rings. The van der Waals surface area contributed by atoms with Crippen LogP contribution in [-0.4, -0.2) is 18.2 Å². The van der Waals surface area contributed by atoms with Gasteiger partial charge in [-0.2, -0.15) is 31.4 Å². The summed E-state index contributed by atoms with van der Waals surface area (Å²) in [5, 5.41) is 5.00. The van der Waals surface area contributed by atoms with Gasteiger partial charge in [-0.15, -0.1) is 0 Å². The van der Waals surface area contributed by atoms with Crippen LogP contribution in [0.25, 0.3) is 16.5 Å². The summed E-state index contributed by atoms with van der Waals surface area (Å²) in [5.74, 6) is -0.555. The summed E-state index contributed by atoms with van der Waals surface area (Å²) in [6.07, 6.45) is -4.76. The van der Waals surface area contributed by atoms with Crippen LogP contribution in [0.2, 0.25) is 0 Å². The molecule has 1 heterocycles. The van der Waals surface area contributed by atoms with Crippen molar-refractivity contribution in [2.24, 2.45) is 0 Å². The molecule has 1 aromatic heterocycles. The van der Waals surface area contributed by atoms with E-state index in [4.69, 9.17) is 4.18 Å². The first kappa shape index (κ1) is 20.0. The molecular weight excluding hydrogens is 417 g/mol. The number of nitrogens with zero attached hydrogens (tertiary/aromatic N) is 2. The third-order valence-electron chi connectivity index (χ3n) is 4.42. The Morgan fingerprint density at radius 3 is 2.33 bits per heavy atom.